The molecule has 2 aromatic heterocycles. The van der Waals surface area contributed by atoms with Gasteiger partial charge in [0, 0.05) is 31.7 Å². The second kappa shape index (κ2) is 12.1. The third-order valence-corrected chi connectivity index (χ3v) is 10.4. The van der Waals surface area contributed by atoms with E-state index in [1.807, 2.05) is 66.7 Å². The lowest BCUT2D eigenvalue weighted by atomic mass is 10.0. The van der Waals surface area contributed by atoms with E-state index in [4.69, 9.17) is 19.4 Å². The number of hydrogen-bond donors (Lipinski definition) is 0. The van der Waals surface area contributed by atoms with E-state index in [1.54, 1.807) is 11.8 Å². The number of furan rings is 1. The van der Waals surface area contributed by atoms with Crippen molar-refractivity contribution in [3.63, 3.8) is 0 Å². The zero-order valence-electron chi connectivity index (χ0n) is 27.3. The molecule has 0 N–H and O–H groups in total. The van der Waals surface area contributed by atoms with Crippen LogP contribution in [0.25, 0.3) is 67.2 Å². The number of anilines is 3. The molecule has 0 radical (unpaired) electrons. The fourth-order valence-corrected chi connectivity index (χ4v) is 8.01. The largest absolute Gasteiger partial charge is 0.453 e. The van der Waals surface area contributed by atoms with E-state index in [2.05, 4.69) is 108 Å². The number of nitrogens with zero attached hydrogens (tertiary/aromatic N) is 4. The second-order valence-electron chi connectivity index (χ2n) is 12.4. The average Bonchev–Trinajstić information content (AvgIpc) is 3.60. The van der Waals surface area contributed by atoms with Gasteiger partial charge in [0.05, 0.1) is 22.6 Å². The summed E-state index contributed by atoms with van der Waals surface area (Å²) in [7, 11) is 0. The van der Waals surface area contributed by atoms with Crippen LogP contribution in [0.3, 0.4) is 0 Å². The molecule has 0 unspecified atom stereocenters. The molecule has 0 amide bonds. The van der Waals surface area contributed by atoms with Crippen LogP contribution in [0.1, 0.15) is 0 Å². The van der Waals surface area contributed by atoms with Crippen LogP contribution < -0.4 is 4.90 Å². The molecular formula is C45H28N4OS. The van der Waals surface area contributed by atoms with Crippen LogP contribution in [-0.4, -0.2) is 15.0 Å². The Labute approximate surface area is 298 Å². The molecule has 9 aromatic rings. The maximum absolute atomic E-state index is 6.99. The van der Waals surface area contributed by atoms with Crippen LogP contribution in [0.15, 0.2) is 184 Å². The Balaban J connectivity index is 1.17. The molecule has 0 atom stereocenters. The van der Waals surface area contributed by atoms with Gasteiger partial charge in [-0.2, -0.15) is 0 Å². The molecule has 0 spiro atoms. The standard InChI is InChI=1S/C45H28N4OS/c1-4-14-29(15-5-1)32-26-27-37-40(28-32)51-39-25-11-10-23-36(39)49(37)38-24-13-21-34-33-20-12-22-35(41(33)50-42(34)38)45-47-43(30-16-6-2-7-17-30)46-44(48-45)31-18-8-3-9-19-31/h1-28H. The Bertz CT molecular complexity index is 2670. The van der Waals surface area contributed by atoms with Crippen molar-refractivity contribution in [2.75, 3.05) is 4.90 Å². The Morgan fingerprint density at radius 2 is 0.941 bits per heavy atom. The van der Waals surface area contributed by atoms with Gasteiger partial charge in [-0.3, -0.25) is 0 Å². The summed E-state index contributed by atoms with van der Waals surface area (Å²) in [4.78, 5) is 19.7. The molecule has 5 nitrogen and oxygen atoms in total. The molecular weight excluding hydrogens is 645 g/mol. The lowest BCUT2D eigenvalue weighted by Gasteiger charge is -2.33. The minimum atomic E-state index is 0.562. The summed E-state index contributed by atoms with van der Waals surface area (Å²) in [5.74, 6) is 1.79. The van der Waals surface area contributed by atoms with E-state index in [-0.39, 0.29) is 0 Å². The average molecular weight is 673 g/mol. The molecule has 240 valence electrons. The molecule has 0 aliphatic carbocycles. The van der Waals surface area contributed by atoms with E-state index in [1.165, 1.54) is 20.9 Å². The summed E-state index contributed by atoms with van der Waals surface area (Å²) in [5, 5.41) is 2.04. The molecule has 7 aromatic carbocycles. The third-order valence-electron chi connectivity index (χ3n) is 9.32. The lowest BCUT2D eigenvalue weighted by Crippen LogP contribution is -2.15. The van der Waals surface area contributed by atoms with Crippen molar-refractivity contribution >= 4 is 50.8 Å². The van der Waals surface area contributed by atoms with E-state index in [0.717, 1.165) is 55.7 Å². The van der Waals surface area contributed by atoms with Crippen molar-refractivity contribution in [3.8, 4) is 45.3 Å². The minimum absolute atomic E-state index is 0.562. The smallest absolute Gasteiger partial charge is 0.167 e. The highest BCUT2D eigenvalue weighted by atomic mass is 32.2. The van der Waals surface area contributed by atoms with Gasteiger partial charge in [0.15, 0.2) is 23.1 Å². The summed E-state index contributed by atoms with van der Waals surface area (Å²) >= 11 is 1.80. The van der Waals surface area contributed by atoms with Gasteiger partial charge in [-0.05, 0) is 47.5 Å². The fraction of sp³-hybridized carbons (Fsp3) is 0. The minimum Gasteiger partial charge on any atom is -0.453 e. The van der Waals surface area contributed by atoms with Gasteiger partial charge >= 0.3 is 0 Å². The number of para-hydroxylation sites is 3. The fourth-order valence-electron chi connectivity index (χ4n) is 6.91. The maximum Gasteiger partial charge on any atom is 0.167 e. The summed E-state index contributed by atoms with van der Waals surface area (Å²) in [6.07, 6.45) is 0. The first-order valence-electron chi connectivity index (χ1n) is 16.9. The van der Waals surface area contributed by atoms with Crippen molar-refractivity contribution in [2.24, 2.45) is 0 Å². The lowest BCUT2D eigenvalue weighted by molar-refractivity contribution is 0.669. The molecule has 10 rings (SSSR count). The highest BCUT2D eigenvalue weighted by Crippen LogP contribution is 2.54. The summed E-state index contributed by atoms with van der Waals surface area (Å²) in [5.41, 5.74) is 9.80. The van der Waals surface area contributed by atoms with E-state index >= 15 is 0 Å². The van der Waals surface area contributed by atoms with E-state index in [0.29, 0.717) is 17.5 Å². The van der Waals surface area contributed by atoms with Gasteiger partial charge in [-0.15, -0.1) is 0 Å². The molecule has 6 heteroatoms. The number of hydrogen-bond acceptors (Lipinski definition) is 6. The molecule has 51 heavy (non-hydrogen) atoms. The Hall–Kier alpha value is -6.50. The van der Waals surface area contributed by atoms with Crippen LogP contribution in [0.2, 0.25) is 0 Å². The van der Waals surface area contributed by atoms with Gasteiger partial charge in [0.2, 0.25) is 0 Å². The molecule has 0 saturated carbocycles. The molecule has 1 aliphatic heterocycles. The Kier molecular flexibility index (Phi) is 6.99. The van der Waals surface area contributed by atoms with Crippen LogP contribution in [0.4, 0.5) is 17.1 Å². The van der Waals surface area contributed by atoms with Crippen molar-refractivity contribution in [2.45, 2.75) is 9.79 Å². The predicted molar refractivity (Wildman–Crippen MR) is 208 cm³/mol. The maximum atomic E-state index is 6.99. The number of fused-ring (bicyclic) bond motifs is 5. The topological polar surface area (TPSA) is 55.1 Å². The van der Waals surface area contributed by atoms with Crippen molar-refractivity contribution in [1.29, 1.82) is 0 Å². The van der Waals surface area contributed by atoms with E-state index < -0.39 is 0 Å². The molecule has 0 fully saturated rings. The first-order chi connectivity index (χ1) is 25.3. The van der Waals surface area contributed by atoms with Gasteiger partial charge in [-0.1, -0.05) is 145 Å². The highest BCUT2D eigenvalue weighted by Gasteiger charge is 2.28. The monoisotopic (exact) mass is 672 g/mol. The summed E-state index contributed by atoms with van der Waals surface area (Å²) in [6.45, 7) is 0. The Morgan fingerprint density at radius 1 is 0.392 bits per heavy atom. The van der Waals surface area contributed by atoms with E-state index in [9.17, 15) is 0 Å². The predicted octanol–water partition coefficient (Wildman–Crippen LogP) is 12.4. The van der Waals surface area contributed by atoms with Gasteiger partial charge in [0.25, 0.3) is 0 Å². The van der Waals surface area contributed by atoms with Gasteiger partial charge in [-0.25, -0.2) is 15.0 Å². The molecule has 3 heterocycles. The van der Waals surface area contributed by atoms with Crippen LogP contribution in [-0.2, 0) is 0 Å². The molecule has 0 bridgehead atoms. The highest BCUT2D eigenvalue weighted by molar-refractivity contribution is 7.99. The second-order valence-corrected chi connectivity index (χ2v) is 13.5. The zero-order chi connectivity index (χ0) is 33.7. The van der Waals surface area contributed by atoms with Crippen molar-refractivity contribution < 1.29 is 4.42 Å². The molecule has 1 aliphatic rings. The quantitative estimate of drug-likeness (QED) is 0.181. The summed E-state index contributed by atoms with van der Waals surface area (Å²) in [6, 6.07) is 58.6. The Morgan fingerprint density at radius 3 is 1.65 bits per heavy atom. The first kappa shape index (κ1) is 29.4. The zero-order valence-corrected chi connectivity index (χ0v) is 28.1. The number of benzene rings is 7. The third kappa shape index (κ3) is 5.07. The first-order valence-corrected chi connectivity index (χ1v) is 17.7. The molecule has 0 saturated heterocycles. The van der Waals surface area contributed by atoms with Crippen molar-refractivity contribution in [3.05, 3.63) is 170 Å². The van der Waals surface area contributed by atoms with Crippen LogP contribution in [0.5, 0.6) is 0 Å². The van der Waals surface area contributed by atoms with Gasteiger partial charge < -0.3 is 9.32 Å². The van der Waals surface area contributed by atoms with Gasteiger partial charge in [0.1, 0.15) is 5.58 Å². The number of rotatable bonds is 5. The van der Waals surface area contributed by atoms with Crippen molar-refractivity contribution in [1.82, 2.24) is 15.0 Å². The normalized spacial score (nSPS) is 12.2. The van der Waals surface area contributed by atoms with Crippen LogP contribution in [0, 0.1) is 0 Å². The van der Waals surface area contributed by atoms with Crippen LogP contribution >= 0.6 is 11.8 Å². The SMILES string of the molecule is c1ccc(-c2ccc3c(c2)Sc2ccccc2N3c2cccc3c2oc2c(-c4nc(-c5ccccc5)nc(-c5ccccc5)n4)cccc23)cc1. The number of aromatic nitrogens is 3. The summed E-state index contributed by atoms with van der Waals surface area (Å²) < 4.78 is 6.99.